The molecule has 1 aromatic carbocycles. The summed E-state index contributed by atoms with van der Waals surface area (Å²) in [5.41, 5.74) is 6.51. The standard InChI is InChI=1S/C14H19ClN2O2/c15-13-4-2-1-3-12(13)9-19-10-14(18)17-6-5-11(7-16)8-17/h1-4,11H,5-10,16H2. The average Bonchev–Trinajstić information content (AvgIpc) is 2.90. The maximum atomic E-state index is 11.9. The third-order valence-electron chi connectivity index (χ3n) is 3.41. The predicted octanol–water partition coefficient (Wildman–Crippen LogP) is 1.66. The highest BCUT2D eigenvalue weighted by molar-refractivity contribution is 6.31. The fourth-order valence-electron chi connectivity index (χ4n) is 2.21. The second-order valence-corrected chi connectivity index (χ2v) is 5.22. The van der Waals surface area contributed by atoms with E-state index in [9.17, 15) is 4.79 Å². The van der Waals surface area contributed by atoms with E-state index in [4.69, 9.17) is 22.1 Å². The molecule has 1 amide bonds. The first-order valence-electron chi connectivity index (χ1n) is 6.49. The van der Waals surface area contributed by atoms with Crippen molar-refractivity contribution in [2.75, 3.05) is 26.2 Å². The summed E-state index contributed by atoms with van der Waals surface area (Å²) in [6.07, 6.45) is 0.993. The molecule has 0 bridgehead atoms. The third-order valence-corrected chi connectivity index (χ3v) is 3.78. The molecular formula is C14H19ClN2O2. The summed E-state index contributed by atoms with van der Waals surface area (Å²) in [5, 5.41) is 0.666. The van der Waals surface area contributed by atoms with Crippen LogP contribution < -0.4 is 5.73 Å². The number of carbonyl (C=O) groups excluding carboxylic acids is 1. The first-order valence-corrected chi connectivity index (χ1v) is 6.87. The maximum Gasteiger partial charge on any atom is 0.248 e. The highest BCUT2D eigenvalue weighted by Crippen LogP contribution is 2.17. The number of nitrogens with zero attached hydrogens (tertiary/aromatic N) is 1. The van der Waals surface area contributed by atoms with Crippen LogP contribution in [0.5, 0.6) is 0 Å². The number of hydrogen-bond donors (Lipinski definition) is 1. The van der Waals surface area contributed by atoms with Gasteiger partial charge in [-0.1, -0.05) is 29.8 Å². The van der Waals surface area contributed by atoms with E-state index in [1.54, 1.807) is 0 Å². The quantitative estimate of drug-likeness (QED) is 0.894. The maximum absolute atomic E-state index is 11.9. The fourth-order valence-corrected chi connectivity index (χ4v) is 2.40. The van der Waals surface area contributed by atoms with Crippen molar-refractivity contribution in [1.82, 2.24) is 4.90 Å². The zero-order valence-corrected chi connectivity index (χ0v) is 11.6. The minimum atomic E-state index is 0.0306. The van der Waals surface area contributed by atoms with Crippen LogP contribution in [0.3, 0.4) is 0 Å². The van der Waals surface area contributed by atoms with Crippen LogP contribution in [0.2, 0.25) is 5.02 Å². The van der Waals surface area contributed by atoms with Crippen LogP contribution in [0.15, 0.2) is 24.3 Å². The molecule has 104 valence electrons. The molecule has 2 N–H and O–H groups in total. The fraction of sp³-hybridized carbons (Fsp3) is 0.500. The summed E-state index contributed by atoms with van der Waals surface area (Å²) in [7, 11) is 0. The van der Waals surface area contributed by atoms with E-state index in [2.05, 4.69) is 0 Å². The minimum Gasteiger partial charge on any atom is -0.367 e. The van der Waals surface area contributed by atoms with E-state index in [0.717, 1.165) is 25.1 Å². The molecule has 1 fully saturated rings. The van der Waals surface area contributed by atoms with Gasteiger partial charge in [-0.05, 0) is 30.5 Å². The molecule has 1 heterocycles. The van der Waals surface area contributed by atoms with E-state index < -0.39 is 0 Å². The summed E-state index contributed by atoms with van der Waals surface area (Å²) in [4.78, 5) is 13.7. The molecule has 5 heteroatoms. The first-order chi connectivity index (χ1) is 9.20. The first kappa shape index (κ1) is 14.3. The van der Waals surface area contributed by atoms with Gasteiger partial charge in [-0.3, -0.25) is 4.79 Å². The Balaban J connectivity index is 1.74. The van der Waals surface area contributed by atoms with Crippen LogP contribution in [0.1, 0.15) is 12.0 Å². The summed E-state index contributed by atoms with van der Waals surface area (Å²) < 4.78 is 5.44. The normalized spacial score (nSPS) is 18.8. The van der Waals surface area contributed by atoms with Gasteiger partial charge < -0.3 is 15.4 Å². The van der Waals surface area contributed by atoms with Gasteiger partial charge in [-0.25, -0.2) is 0 Å². The van der Waals surface area contributed by atoms with Crippen LogP contribution >= 0.6 is 11.6 Å². The highest BCUT2D eigenvalue weighted by Gasteiger charge is 2.24. The van der Waals surface area contributed by atoms with E-state index in [0.29, 0.717) is 24.1 Å². The minimum absolute atomic E-state index is 0.0306. The molecule has 1 aliphatic heterocycles. The molecule has 4 nitrogen and oxygen atoms in total. The average molecular weight is 283 g/mol. The predicted molar refractivity (Wildman–Crippen MR) is 74.8 cm³/mol. The van der Waals surface area contributed by atoms with Gasteiger partial charge in [0.25, 0.3) is 0 Å². The summed E-state index contributed by atoms with van der Waals surface area (Å²) in [6.45, 7) is 2.65. The van der Waals surface area contributed by atoms with Crippen LogP contribution in [-0.2, 0) is 16.1 Å². The Labute approximate surface area is 118 Å². The molecule has 1 aliphatic rings. The lowest BCUT2D eigenvalue weighted by molar-refractivity contribution is -0.135. The lowest BCUT2D eigenvalue weighted by Gasteiger charge is -2.16. The van der Waals surface area contributed by atoms with Crippen molar-refractivity contribution >= 4 is 17.5 Å². The van der Waals surface area contributed by atoms with E-state index >= 15 is 0 Å². The molecule has 0 saturated carbocycles. The Kier molecular flexibility index (Phi) is 5.19. The van der Waals surface area contributed by atoms with Gasteiger partial charge in [0.2, 0.25) is 5.91 Å². The van der Waals surface area contributed by atoms with Crippen molar-refractivity contribution in [2.24, 2.45) is 11.7 Å². The number of ether oxygens (including phenoxy) is 1. The lowest BCUT2D eigenvalue weighted by Crippen LogP contribution is -2.32. The molecule has 0 aliphatic carbocycles. The van der Waals surface area contributed by atoms with Gasteiger partial charge in [0.1, 0.15) is 6.61 Å². The van der Waals surface area contributed by atoms with E-state index in [1.165, 1.54) is 0 Å². The molecule has 0 spiro atoms. The van der Waals surface area contributed by atoms with Crippen molar-refractivity contribution in [3.63, 3.8) is 0 Å². The van der Waals surface area contributed by atoms with Gasteiger partial charge in [-0.2, -0.15) is 0 Å². The molecule has 1 unspecified atom stereocenters. The Morgan fingerprint density at radius 3 is 2.95 bits per heavy atom. The number of hydrogen-bond acceptors (Lipinski definition) is 3. The van der Waals surface area contributed by atoms with Gasteiger partial charge in [-0.15, -0.1) is 0 Å². The molecule has 2 rings (SSSR count). The Morgan fingerprint density at radius 2 is 2.26 bits per heavy atom. The van der Waals surface area contributed by atoms with E-state index in [-0.39, 0.29) is 12.5 Å². The number of amides is 1. The summed E-state index contributed by atoms with van der Waals surface area (Å²) in [6, 6.07) is 7.48. The van der Waals surface area contributed by atoms with Crippen molar-refractivity contribution in [2.45, 2.75) is 13.0 Å². The van der Waals surface area contributed by atoms with Crippen molar-refractivity contribution in [3.05, 3.63) is 34.9 Å². The van der Waals surface area contributed by atoms with Gasteiger partial charge >= 0.3 is 0 Å². The molecule has 1 aromatic rings. The second-order valence-electron chi connectivity index (χ2n) is 4.81. The number of halogens is 1. The number of carbonyl (C=O) groups is 1. The topological polar surface area (TPSA) is 55.6 Å². The number of benzene rings is 1. The Morgan fingerprint density at radius 1 is 1.47 bits per heavy atom. The SMILES string of the molecule is NCC1CCN(C(=O)COCc2ccccc2Cl)C1. The third kappa shape index (κ3) is 3.93. The summed E-state index contributed by atoms with van der Waals surface area (Å²) >= 11 is 6.02. The zero-order valence-electron chi connectivity index (χ0n) is 10.8. The summed E-state index contributed by atoms with van der Waals surface area (Å²) in [5.74, 6) is 0.468. The number of rotatable bonds is 5. The monoisotopic (exact) mass is 282 g/mol. The largest absolute Gasteiger partial charge is 0.367 e. The van der Waals surface area contributed by atoms with Crippen LogP contribution in [-0.4, -0.2) is 37.0 Å². The second kappa shape index (κ2) is 6.89. The molecule has 0 aromatic heterocycles. The van der Waals surface area contributed by atoms with Crippen molar-refractivity contribution < 1.29 is 9.53 Å². The number of likely N-dealkylation sites (tertiary alicyclic amines) is 1. The van der Waals surface area contributed by atoms with E-state index in [1.807, 2.05) is 29.2 Å². The molecular weight excluding hydrogens is 264 g/mol. The zero-order chi connectivity index (χ0) is 13.7. The molecule has 1 saturated heterocycles. The molecule has 19 heavy (non-hydrogen) atoms. The van der Waals surface area contributed by atoms with Crippen LogP contribution in [0, 0.1) is 5.92 Å². The lowest BCUT2D eigenvalue weighted by atomic mass is 10.1. The Hall–Kier alpha value is -1.10. The van der Waals surface area contributed by atoms with Crippen LogP contribution in [0.25, 0.3) is 0 Å². The van der Waals surface area contributed by atoms with Gasteiger partial charge in [0, 0.05) is 18.1 Å². The highest BCUT2D eigenvalue weighted by atomic mass is 35.5. The van der Waals surface area contributed by atoms with Crippen molar-refractivity contribution in [1.29, 1.82) is 0 Å². The Bertz CT molecular complexity index is 439. The number of nitrogens with two attached hydrogens (primary N) is 1. The van der Waals surface area contributed by atoms with Crippen molar-refractivity contribution in [3.8, 4) is 0 Å². The van der Waals surface area contributed by atoms with Crippen LogP contribution in [0.4, 0.5) is 0 Å². The van der Waals surface area contributed by atoms with Gasteiger partial charge in [0.05, 0.1) is 6.61 Å². The molecule has 1 atom stereocenters. The molecule has 0 radical (unpaired) electrons. The van der Waals surface area contributed by atoms with Gasteiger partial charge in [0.15, 0.2) is 0 Å². The smallest absolute Gasteiger partial charge is 0.248 e.